The average Bonchev–Trinajstić information content (AvgIpc) is 2.69. The van der Waals surface area contributed by atoms with E-state index >= 15 is 0 Å². The molecule has 0 saturated heterocycles. The van der Waals surface area contributed by atoms with Gasteiger partial charge >= 0.3 is 5.97 Å². The van der Waals surface area contributed by atoms with Crippen molar-refractivity contribution >= 4 is 11.7 Å². The van der Waals surface area contributed by atoms with E-state index in [1.807, 2.05) is 43.3 Å². The van der Waals surface area contributed by atoms with E-state index in [0.29, 0.717) is 13.2 Å². The van der Waals surface area contributed by atoms with Gasteiger partial charge in [0.2, 0.25) is 0 Å². The van der Waals surface area contributed by atoms with E-state index in [2.05, 4.69) is 34.5 Å². The van der Waals surface area contributed by atoms with Gasteiger partial charge in [-0.05, 0) is 31.0 Å². The molecule has 136 valence electrons. The Hall–Kier alpha value is -2.59. The molecule has 0 bridgehead atoms. The fourth-order valence-corrected chi connectivity index (χ4v) is 3.18. The van der Waals surface area contributed by atoms with Crippen molar-refractivity contribution in [1.82, 2.24) is 4.90 Å². The van der Waals surface area contributed by atoms with Gasteiger partial charge in [0.05, 0.1) is 12.2 Å². The lowest BCUT2D eigenvalue weighted by molar-refractivity contribution is -0.139. The normalized spacial score (nSPS) is 15.0. The SMILES string of the molecule is CCOC(=O)C1=C(Nc2ccccc2)CCN(CCc2ccccc2)C1. The molecule has 2 aromatic carbocycles. The average molecular weight is 350 g/mol. The fourth-order valence-electron chi connectivity index (χ4n) is 3.18. The second-order valence-electron chi connectivity index (χ2n) is 6.43. The van der Waals surface area contributed by atoms with Crippen molar-refractivity contribution in [1.29, 1.82) is 0 Å². The molecule has 1 aliphatic rings. The number of carbonyl (C=O) groups excluding carboxylic acids is 1. The van der Waals surface area contributed by atoms with E-state index < -0.39 is 0 Å². The van der Waals surface area contributed by atoms with Gasteiger partial charge in [-0.2, -0.15) is 0 Å². The van der Waals surface area contributed by atoms with Crippen LogP contribution in [-0.4, -0.2) is 37.1 Å². The van der Waals surface area contributed by atoms with Crippen molar-refractivity contribution in [2.75, 3.05) is 31.6 Å². The van der Waals surface area contributed by atoms with Gasteiger partial charge in [-0.3, -0.25) is 4.90 Å². The maximum Gasteiger partial charge on any atom is 0.337 e. The summed E-state index contributed by atoms with van der Waals surface area (Å²) in [5.74, 6) is -0.213. The van der Waals surface area contributed by atoms with Crippen molar-refractivity contribution in [3.63, 3.8) is 0 Å². The molecule has 0 amide bonds. The van der Waals surface area contributed by atoms with Gasteiger partial charge in [0.15, 0.2) is 0 Å². The van der Waals surface area contributed by atoms with Crippen LogP contribution in [0.15, 0.2) is 71.9 Å². The summed E-state index contributed by atoms with van der Waals surface area (Å²) in [6.45, 7) is 4.74. The lowest BCUT2D eigenvalue weighted by Crippen LogP contribution is -2.37. The molecule has 0 spiro atoms. The van der Waals surface area contributed by atoms with Crippen LogP contribution in [0, 0.1) is 0 Å². The van der Waals surface area contributed by atoms with Crippen LogP contribution in [0.25, 0.3) is 0 Å². The van der Waals surface area contributed by atoms with Gasteiger partial charge in [-0.15, -0.1) is 0 Å². The first kappa shape index (κ1) is 18.2. The van der Waals surface area contributed by atoms with Crippen LogP contribution in [-0.2, 0) is 16.0 Å². The Morgan fingerprint density at radius 3 is 2.46 bits per heavy atom. The number of rotatable bonds is 7. The highest BCUT2D eigenvalue weighted by atomic mass is 16.5. The monoisotopic (exact) mass is 350 g/mol. The minimum Gasteiger partial charge on any atom is -0.463 e. The first-order valence-electron chi connectivity index (χ1n) is 9.23. The Morgan fingerprint density at radius 1 is 1.08 bits per heavy atom. The fraction of sp³-hybridized carbons (Fsp3) is 0.318. The van der Waals surface area contributed by atoms with Gasteiger partial charge in [0, 0.05) is 37.4 Å². The van der Waals surface area contributed by atoms with Crippen molar-refractivity contribution in [3.05, 3.63) is 77.5 Å². The van der Waals surface area contributed by atoms with E-state index in [-0.39, 0.29) is 5.97 Å². The molecular weight excluding hydrogens is 324 g/mol. The molecule has 0 atom stereocenters. The van der Waals surface area contributed by atoms with Gasteiger partial charge in [-0.1, -0.05) is 48.5 Å². The van der Waals surface area contributed by atoms with Crippen LogP contribution >= 0.6 is 0 Å². The summed E-state index contributed by atoms with van der Waals surface area (Å²) < 4.78 is 5.30. The molecule has 26 heavy (non-hydrogen) atoms. The Kier molecular flexibility index (Phi) is 6.45. The summed E-state index contributed by atoms with van der Waals surface area (Å²) in [4.78, 5) is 14.8. The number of esters is 1. The highest BCUT2D eigenvalue weighted by molar-refractivity contribution is 5.90. The molecule has 0 aliphatic carbocycles. The van der Waals surface area contributed by atoms with E-state index in [0.717, 1.165) is 42.9 Å². The predicted molar refractivity (Wildman–Crippen MR) is 105 cm³/mol. The van der Waals surface area contributed by atoms with Crippen LogP contribution in [0.2, 0.25) is 0 Å². The third-order valence-corrected chi connectivity index (χ3v) is 4.57. The Bertz CT molecular complexity index is 741. The second-order valence-corrected chi connectivity index (χ2v) is 6.43. The number of anilines is 1. The summed E-state index contributed by atoms with van der Waals surface area (Å²) in [5, 5.41) is 3.42. The number of hydrogen-bond acceptors (Lipinski definition) is 4. The highest BCUT2D eigenvalue weighted by Gasteiger charge is 2.25. The maximum atomic E-state index is 12.5. The molecule has 3 rings (SSSR count). The van der Waals surface area contributed by atoms with Crippen LogP contribution in [0.1, 0.15) is 18.9 Å². The Labute approximate surface area is 155 Å². The van der Waals surface area contributed by atoms with E-state index in [1.54, 1.807) is 0 Å². The standard InChI is InChI=1S/C22H26N2O2/c1-2-26-22(25)20-17-24(15-13-18-9-5-3-6-10-18)16-14-21(20)23-19-11-7-4-8-12-19/h3-12,23H,2,13-17H2,1H3. The number of nitrogens with one attached hydrogen (secondary N) is 1. The van der Waals surface area contributed by atoms with Crippen molar-refractivity contribution < 1.29 is 9.53 Å². The predicted octanol–water partition coefficient (Wildman–Crippen LogP) is 3.86. The number of nitrogens with zero attached hydrogens (tertiary/aromatic N) is 1. The minimum atomic E-state index is -0.213. The van der Waals surface area contributed by atoms with Crippen molar-refractivity contribution in [3.8, 4) is 0 Å². The second kappa shape index (κ2) is 9.20. The molecule has 0 radical (unpaired) electrons. The highest BCUT2D eigenvalue weighted by Crippen LogP contribution is 2.22. The topological polar surface area (TPSA) is 41.6 Å². The first-order chi connectivity index (χ1) is 12.8. The van der Waals surface area contributed by atoms with Crippen molar-refractivity contribution in [2.24, 2.45) is 0 Å². The van der Waals surface area contributed by atoms with Gasteiger partial charge in [0.25, 0.3) is 0 Å². The van der Waals surface area contributed by atoms with Crippen LogP contribution in [0.3, 0.4) is 0 Å². The van der Waals surface area contributed by atoms with Crippen LogP contribution < -0.4 is 5.32 Å². The Morgan fingerprint density at radius 2 is 1.77 bits per heavy atom. The number of hydrogen-bond donors (Lipinski definition) is 1. The summed E-state index contributed by atoms with van der Waals surface area (Å²) in [6, 6.07) is 20.4. The molecule has 0 unspecified atom stereocenters. The summed E-state index contributed by atoms with van der Waals surface area (Å²) in [5.41, 5.74) is 4.05. The lowest BCUT2D eigenvalue weighted by Gasteiger charge is -2.30. The smallest absolute Gasteiger partial charge is 0.337 e. The zero-order valence-electron chi connectivity index (χ0n) is 15.3. The molecule has 2 aromatic rings. The Balaban J connectivity index is 1.70. The van der Waals surface area contributed by atoms with E-state index in [1.165, 1.54) is 5.56 Å². The van der Waals surface area contributed by atoms with Gasteiger partial charge in [-0.25, -0.2) is 4.79 Å². The molecule has 0 aromatic heterocycles. The summed E-state index contributed by atoms with van der Waals surface area (Å²) in [6.07, 6.45) is 1.80. The number of para-hydroxylation sites is 1. The molecule has 1 heterocycles. The minimum absolute atomic E-state index is 0.213. The van der Waals surface area contributed by atoms with Gasteiger partial charge < -0.3 is 10.1 Å². The third kappa shape index (κ3) is 4.96. The summed E-state index contributed by atoms with van der Waals surface area (Å²) in [7, 11) is 0. The summed E-state index contributed by atoms with van der Waals surface area (Å²) >= 11 is 0. The molecule has 0 saturated carbocycles. The van der Waals surface area contributed by atoms with Crippen molar-refractivity contribution in [2.45, 2.75) is 19.8 Å². The molecule has 4 nitrogen and oxygen atoms in total. The number of benzene rings is 2. The number of carbonyl (C=O) groups is 1. The zero-order valence-corrected chi connectivity index (χ0v) is 15.3. The molecule has 4 heteroatoms. The molecule has 1 N–H and O–H groups in total. The largest absolute Gasteiger partial charge is 0.463 e. The van der Waals surface area contributed by atoms with Gasteiger partial charge in [0.1, 0.15) is 0 Å². The molecular formula is C22H26N2O2. The zero-order chi connectivity index (χ0) is 18.2. The maximum absolute atomic E-state index is 12.5. The quantitative estimate of drug-likeness (QED) is 0.770. The third-order valence-electron chi connectivity index (χ3n) is 4.57. The van der Waals surface area contributed by atoms with Crippen LogP contribution in [0.4, 0.5) is 5.69 Å². The van der Waals surface area contributed by atoms with E-state index in [9.17, 15) is 4.79 Å². The number of ether oxygens (including phenoxy) is 1. The molecule has 1 aliphatic heterocycles. The van der Waals surface area contributed by atoms with E-state index in [4.69, 9.17) is 4.74 Å². The lowest BCUT2D eigenvalue weighted by atomic mass is 10.0. The first-order valence-corrected chi connectivity index (χ1v) is 9.23. The van der Waals surface area contributed by atoms with Crippen LogP contribution in [0.5, 0.6) is 0 Å². The molecule has 0 fully saturated rings.